The second-order valence-corrected chi connectivity index (χ2v) is 6.09. The zero-order chi connectivity index (χ0) is 19.5. The van der Waals surface area contributed by atoms with Gasteiger partial charge in [0.1, 0.15) is 11.6 Å². The monoisotopic (exact) mass is 389 g/mol. The van der Waals surface area contributed by atoms with Gasteiger partial charge in [0.2, 0.25) is 6.10 Å². The van der Waals surface area contributed by atoms with Gasteiger partial charge in [-0.25, -0.2) is 4.39 Å². The van der Waals surface area contributed by atoms with E-state index in [0.29, 0.717) is 29.9 Å². The van der Waals surface area contributed by atoms with Crippen LogP contribution in [0.2, 0.25) is 0 Å². The Bertz CT molecular complexity index is 989. The summed E-state index contributed by atoms with van der Waals surface area (Å²) in [7, 11) is 0. The summed E-state index contributed by atoms with van der Waals surface area (Å²) in [5, 5.41) is 7.89. The Morgan fingerprint density at radius 1 is 1.14 bits per heavy atom. The predicted molar refractivity (Wildman–Crippen MR) is 91.6 cm³/mol. The standard InChI is InChI=1S/C19H14F3N3O3/c20-13-3-1-2-12(9-13)15-10-16(27-24-15)18-23-17(25-28-18)8-11-4-6-14(7-5-11)26-19(21)22/h1-7,9,16,19H,8,10H2. The van der Waals surface area contributed by atoms with Crippen molar-refractivity contribution < 1.29 is 27.3 Å². The van der Waals surface area contributed by atoms with Crippen LogP contribution in [0.15, 0.2) is 58.2 Å². The second kappa shape index (κ2) is 7.71. The number of aromatic nitrogens is 2. The third kappa shape index (κ3) is 4.13. The Morgan fingerprint density at radius 2 is 1.96 bits per heavy atom. The van der Waals surface area contributed by atoms with Crippen molar-refractivity contribution in [3.05, 3.63) is 77.2 Å². The summed E-state index contributed by atoms with van der Waals surface area (Å²) in [6.45, 7) is -2.86. The van der Waals surface area contributed by atoms with E-state index in [0.717, 1.165) is 5.56 Å². The molecule has 0 spiro atoms. The molecule has 144 valence electrons. The van der Waals surface area contributed by atoms with Gasteiger partial charge in [0, 0.05) is 18.4 Å². The molecule has 28 heavy (non-hydrogen) atoms. The van der Waals surface area contributed by atoms with E-state index in [1.807, 2.05) is 0 Å². The highest BCUT2D eigenvalue weighted by Gasteiger charge is 2.29. The van der Waals surface area contributed by atoms with Crippen molar-refractivity contribution >= 4 is 5.71 Å². The summed E-state index contributed by atoms with van der Waals surface area (Å²) in [4.78, 5) is 9.65. The summed E-state index contributed by atoms with van der Waals surface area (Å²) in [6, 6.07) is 12.3. The number of ether oxygens (including phenoxy) is 1. The Labute approximate surface area is 157 Å². The molecule has 2 heterocycles. The fourth-order valence-corrected chi connectivity index (χ4v) is 2.79. The molecule has 0 bridgehead atoms. The van der Waals surface area contributed by atoms with Crippen molar-refractivity contribution in [2.75, 3.05) is 0 Å². The third-order valence-electron chi connectivity index (χ3n) is 4.10. The van der Waals surface area contributed by atoms with E-state index < -0.39 is 12.7 Å². The summed E-state index contributed by atoms with van der Waals surface area (Å²) in [6.07, 6.45) is 0.189. The Morgan fingerprint density at radius 3 is 2.71 bits per heavy atom. The van der Waals surface area contributed by atoms with Crippen LogP contribution in [0.5, 0.6) is 5.75 Å². The summed E-state index contributed by atoms with van der Waals surface area (Å²) >= 11 is 0. The van der Waals surface area contributed by atoms with Gasteiger partial charge in [-0.3, -0.25) is 0 Å². The molecule has 1 aromatic heterocycles. The molecule has 0 N–H and O–H groups in total. The van der Waals surface area contributed by atoms with Crippen LogP contribution < -0.4 is 4.74 Å². The van der Waals surface area contributed by atoms with E-state index in [1.165, 1.54) is 24.3 Å². The van der Waals surface area contributed by atoms with Crippen molar-refractivity contribution in [3.8, 4) is 5.75 Å². The number of nitrogens with zero attached hydrogens (tertiary/aromatic N) is 3. The van der Waals surface area contributed by atoms with Crippen molar-refractivity contribution in [3.63, 3.8) is 0 Å². The van der Waals surface area contributed by atoms with Crippen LogP contribution in [0.1, 0.15) is 35.4 Å². The number of rotatable bonds is 6. The predicted octanol–water partition coefficient (Wildman–Crippen LogP) is 4.27. The van der Waals surface area contributed by atoms with Gasteiger partial charge < -0.3 is 14.1 Å². The fraction of sp³-hybridized carbons (Fsp3) is 0.211. The number of oxime groups is 1. The van der Waals surface area contributed by atoms with E-state index in [-0.39, 0.29) is 17.5 Å². The van der Waals surface area contributed by atoms with E-state index in [4.69, 9.17) is 9.36 Å². The van der Waals surface area contributed by atoms with Gasteiger partial charge in [0.05, 0.1) is 5.71 Å². The summed E-state index contributed by atoms with van der Waals surface area (Å²) in [5.41, 5.74) is 2.03. The van der Waals surface area contributed by atoms with Crippen LogP contribution in [0.25, 0.3) is 0 Å². The highest BCUT2D eigenvalue weighted by molar-refractivity contribution is 6.01. The Balaban J connectivity index is 1.38. The normalized spacial score (nSPS) is 16.1. The highest BCUT2D eigenvalue weighted by Crippen LogP contribution is 2.29. The van der Waals surface area contributed by atoms with Crippen molar-refractivity contribution in [2.24, 2.45) is 5.16 Å². The average molecular weight is 389 g/mol. The zero-order valence-corrected chi connectivity index (χ0v) is 14.4. The van der Waals surface area contributed by atoms with Gasteiger partial charge in [-0.1, -0.05) is 34.6 Å². The molecule has 1 aliphatic heterocycles. The van der Waals surface area contributed by atoms with E-state index in [2.05, 4.69) is 20.0 Å². The van der Waals surface area contributed by atoms with Gasteiger partial charge in [0.15, 0.2) is 5.82 Å². The van der Waals surface area contributed by atoms with Crippen LogP contribution >= 0.6 is 0 Å². The minimum absolute atomic E-state index is 0.0777. The molecule has 0 saturated carbocycles. The maximum Gasteiger partial charge on any atom is 0.387 e. The smallest absolute Gasteiger partial charge is 0.387 e. The molecule has 1 unspecified atom stereocenters. The molecule has 9 heteroatoms. The Hall–Kier alpha value is -3.36. The number of benzene rings is 2. The lowest BCUT2D eigenvalue weighted by Gasteiger charge is -2.04. The Kier molecular flexibility index (Phi) is 4.96. The number of hydrogen-bond acceptors (Lipinski definition) is 6. The third-order valence-corrected chi connectivity index (χ3v) is 4.10. The number of halogens is 3. The number of alkyl halides is 2. The zero-order valence-electron chi connectivity index (χ0n) is 14.4. The van der Waals surface area contributed by atoms with E-state index in [1.54, 1.807) is 24.3 Å². The summed E-state index contributed by atoms with van der Waals surface area (Å²) < 4.78 is 47.3. The van der Waals surface area contributed by atoms with E-state index in [9.17, 15) is 13.2 Å². The van der Waals surface area contributed by atoms with Gasteiger partial charge >= 0.3 is 6.61 Å². The molecule has 0 saturated heterocycles. The first-order valence-electron chi connectivity index (χ1n) is 8.41. The maximum atomic E-state index is 13.4. The lowest BCUT2D eigenvalue weighted by atomic mass is 10.0. The number of hydrogen-bond donors (Lipinski definition) is 0. The van der Waals surface area contributed by atoms with Crippen LogP contribution in [0.3, 0.4) is 0 Å². The molecule has 0 aliphatic carbocycles. The quantitative estimate of drug-likeness (QED) is 0.630. The van der Waals surface area contributed by atoms with E-state index >= 15 is 0 Å². The average Bonchev–Trinajstić information content (AvgIpc) is 3.32. The largest absolute Gasteiger partial charge is 0.435 e. The molecule has 2 aromatic carbocycles. The molecule has 4 rings (SSSR count). The van der Waals surface area contributed by atoms with Crippen LogP contribution in [-0.4, -0.2) is 22.5 Å². The fourth-order valence-electron chi connectivity index (χ4n) is 2.79. The van der Waals surface area contributed by atoms with Gasteiger partial charge in [-0.2, -0.15) is 13.8 Å². The minimum Gasteiger partial charge on any atom is -0.435 e. The lowest BCUT2D eigenvalue weighted by Crippen LogP contribution is -2.03. The lowest BCUT2D eigenvalue weighted by molar-refractivity contribution is -0.0498. The molecule has 0 amide bonds. The van der Waals surface area contributed by atoms with Crippen LogP contribution in [0.4, 0.5) is 13.2 Å². The maximum absolute atomic E-state index is 13.4. The molecular weight excluding hydrogens is 375 g/mol. The van der Waals surface area contributed by atoms with Crippen molar-refractivity contribution in [1.29, 1.82) is 0 Å². The van der Waals surface area contributed by atoms with Crippen LogP contribution in [-0.2, 0) is 11.3 Å². The summed E-state index contributed by atoms with van der Waals surface area (Å²) in [5.74, 6) is 0.408. The first-order chi connectivity index (χ1) is 13.6. The molecule has 1 atom stereocenters. The molecule has 0 fully saturated rings. The topological polar surface area (TPSA) is 69.7 Å². The second-order valence-electron chi connectivity index (χ2n) is 6.09. The molecule has 6 nitrogen and oxygen atoms in total. The minimum atomic E-state index is -2.86. The van der Waals surface area contributed by atoms with Crippen molar-refractivity contribution in [1.82, 2.24) is 10.1 Å². The van der Waals surface area contributed by atoms with Crippen molar-refractivity contribution in [2.45, 2.75) is 25.6 Å². The van der Waals surface area contributed by atoms with Gasteiger partial charge in [0.25, 0.3) is 5.89 Å². The molecular formula is C19H14F3N3O3. The first-order valence-corrected chi connectivity index (χ1v) is 8.41. The molecule has 1 aliphatic rings. The van der Waals surface area contributed by atoms with Gasteiger partial charge in [-0.05, 0) is 29.8 Å². The molecule has 3 aromatic rings. The van der Waals surface area contributed by atoms with Gasteiger partial charge in [-0.15, -0.1) is 0 Å². The highest BCUT2D eigenvalue weighted by atomic mass is 19.3. The molecule has 0 radical (unpaired) electrons. The first kappa shape index (κ1) is 18.0. The SMILES string of the molecule is Fc1cccc(C2=NOC(c3nc(Cc4ccc(OC(F)F)cc4)no3)C2)c1. The van der Waals surface area contributed by atoms with Crippen LogP contribution in [0, 0.1) is 5.82 Å².